The number of imide groups is 6. The van der Waals surface area contributed by atoms with Crippen LogP contribution in [0.5, 0.6) is 0 Å². The number of amides is 12. The van der Waals surface area contributed by atoms with E-state index in [4.69, 9.17) is 0 Å². The Kier molecular flexibility index (Phi) is 21.6. The minimum absolute atomic E-state index is 0.0148. The molecular formula is C38H46N9O27P3. The molecule has 6 rings (SSSR count). The largest absolute Gasteiger partial charge is 0.403 e. The second kappa shape index (κ2) is 26.7. The van der Waals surface area contributed by atoms with Crippen LogP contribution in [0.1, 0.15) is 51.4 Å². The summed E-state index contributed by atoms with van der Waals surface area (Å²) >= 11 is 0. The van der Waals surface area contributed by atoms with Gasteiger partial charge in [0.15, 0.2) is 0 Å². The SMILES string of the molecule is O=C(CCN(CCN1C(=O)C=CC1=O)P(=O)(O)O)ON1C(=O)CCC1=O.O=C(CN(CCCN1C(=O)C=CC1=O)P(=O)(O)O)ON1C(=O)CCC1=O.O=C(CN(CCN1C(=O)C=CC1=O)P(=O)(O)O)ON1C(=O)CCC1=O. The molecule has 0 bridgehead atoms. The summed E-state index contributed by atoms with van der Waals surface area (Å²) in [5, 5.41) is 0.850. The van der Waals surface area contributed by atoms with Crippen LogP contribution in [-0.4, -0.2) is 221 Å². The third kappa shape index (κ3) is 18.2. The zero-order chi connectivity index (χ0) is 57.7. The first-order chi connectivity index (χ1) is 35.8. The van der Waals surface area contributed by atoms with E-state index in [0.717, 1.165) is 51.2 Å². The van der Waals surface area contributed by atoms with Gasteiger partial charge < -0.3 is 43.9 Å². The van der Waals surface area contributed by atoms with Crippen LogP contribution in [0.4, 0.5) is 0 Å². The lowest BCUT2D eigenvalue weighted by Gasteiger charge is -2.24. The molecule has 0 aromatic carbocycles. The van der Waals surface area contributed by atoms with Crippen LogP contribution < -0.4 is 0 Å². The minimum atomic E-state index is -4.93. The van der Waals surface area contributed by atoms with E-state index >= 15 is 0 Å². The van der Waals surface area contributed by atoms with Crippen molar-refractivity contribution >= 4 is 112 Å². The standard InChI is InChI=1S/2C13H16N3O9P.C12H14N3O9P/c17-9-2-3-10(18)15(9)7-1-6-14(26(22,23)24)8-13(21)25-16-11(19)4-5-12(16)20;17-9-1-2-10(18)15(9)8-7-14(26(22,23)24)6-5-13(21)25-16-11(19)3-4-12(16)20;16-8-1-2-9(17)14(8)6-5-13(25(21,22)23)7-12(20)24-15-10(18)3-4-11(15)19/h2-3H,1,4-8H2,(H2,22,23,24);1-2H,3-8H2,(H2,22,23,24);1-2H,3-7H2,(H2,21,22,23). The summed E-state index contributed by atoms with van der Waals surface area (Å²) in [5.41, 5.74) is 0. The number of rotatable bonds is 23. The lowest BCUT2D eigenvalue weighted by atomic mass is 10.3. The maximum Gasteiger partial charge on any atom is 0.403 e. The summed E-state index contributed by atoms with van der Waals surface area (Å²) in [7, 11) is -14.6. The Bertz CT molecular complexity index is 2640. The summed E-state index contributed by atoms with van der Waals surface area (Å²) < 4.78 is 35.9. The van der Waals surface area contributed by atoms with Gasteiger partial charge in [-0.15, -0.1) is 15.2 Å². The fourth-order valence-electron chi connectivity index (χ4n) is 6.67. The molecule has 0 radical (unpaired) electrons. The van der Waals surface area contributed by atoms with E-state index in [-0.39, 0.29) is 87.8 Å². The van der Waals surface area contributed by atoms with E-state index in [1.807, 2.05) is 0 Å². The van der Waals surface area contributed by atoms with Crippen molar-refractivity contribution in [2.45, 2.75) is 51.4 Å². The van der Waals surface area contributed by atoms with Crippen molar-refractivity contribution in [1.29, 1.82) is 0 Å². The molecule has 0 spiro atoms. The van der Waals surface area contributed by atoms with Gasteiger partial charge in [-0.05, 0) is 6.42 Å². The quantitative estimate of drug-likeness (QED) is 0.0411. The van der Waals surface area contributed by atoms with Crippen LogP contribution in [0.25, 0.3) is 0 Å². The molecule has 39 heteroatoms. The molecule has 0 aromatic heterocycles. The van der Waals surface area contributed by atoms with Crippen LogP contribution >= 0.6 is 23.2 Å². The molecule has 6 aliphatic rings. The lowest BCUT2D eigenvalue weighted by Crippen LogP contribution is -2.41. The second-order valence-electron chi connectivity index (χ2n) is 16.0. The Morgan fingerprint density at radius 2 is 0.649 bits per heavy atom. The first-order valence-corrected chi connectivity index (χ1v) is 26.7. The van der Waals surface area contributed by atoms with Gasteiger partial charge in [-0.1, -0.05) is 0 Å². The zero-order valence-electron chi connectivity index (χ0n) is 39.6. The molecule has 6 N–H and O–H groups in total. The van der Waals surface area contributed by atoms with Gasteiger partial charge in [-0.3, -0.25) is 72.2 Å². The molecule has 12 amide bonds. The average molecular weight is 1150 g/mol. The molecule has 6 aliphatic heterocycles. The zero-order valence-corrected chi connectivity index (χ0v) is 42.3. The van der Waals surface area contributed by atoms with E-state index < -0.39 is 145 Å². The van der Waals surface area contributed by atoms with Crippen LogP contribution in [0, 0.1) is 0 Å². The smallest absolute Gasteiger partial charge is 0.330 e. The van der Waals surface area contributed by atoms with Crippen molar-refractivity contribution in [2.75, 3.05) is 58.9 Å². The number of hydrogen-bond donors (Lipinski definition) is 6. The number of nitrogens with zero attached hydrogens (tertiary/aromatic N) is 9. The summed E-state index contributed by atoms with van der Waals surface area (Å²) in [6.45, 7) is -4.29. The van der Waals surface area contributed by atoms with E-state index in [1.54, 1.807) is 0 Å². The summed E-state index contributed by atoms with van der Waals surface area (Å²) in [4.78, 5) is 244. The maximum atomic E-state index is 11.8. The van der Waals surface area contributed by atoms with Gasteiger partial charge in [0.05, 0.1) is 6.42 Å². The van der Waals surface area contributed by atoms with Gasteiger partial charge in [-0.2, -0.15) is 9.34 Å². The highest BCUT2D eigenvalue weighted by Crippen LogP contribution is 2.41. The monoisotopic (exact) mass is 1150 g/mol. The van der Waals surface area contributed by atoms with Crippen LogP contribution in [0.2, 0.25) is 0 Å². The molecule has 420 valence electrons. The van der Waals surface area contributed by atoms with Gasteiger partial charge in [0.25, 0.3) is 70.9 Å². The van der Waals surface area contributed by atoms with Crippen LogP contribution in [0.3, 0.4) is 0 Å². The number of hydroxylamine groups is 6. The number of hydrogen-bond acceptors (Lipinski definition) is 21. The van der Waals surface area contributed by atoms with Crippen molar-refractivity contribution in [3.63, 3.8) is 0 Å². The van der Waals surface area contributed by atoms with E-state index in [0.29, 0.717) is 19.1 Å². The first-order valence-electron chi connectivity index (χ1n) is 22.0. The first kappa shape index (κ1) is 62.3. The normalized spacial score (nSPS) is 17.9. The van der Waals surface area contributed by atoms with Gasteiger partial charge in [0.2, 0.25) is 0 Å². The molecular weight excluding hydrogens is 1110 g/mol. The van der Waals surface area contributed by atoms with E-state index in [9.17, 15) is 115 Å². The Labute approximate surface area is 431 Å². The molecule has 0 unspecified atom stereocenters. The second-order valence-corrected chi connectivity index (χ2v) is 20.8. The Morgan fingerprint density at radius 3 is 0.948 bits per heavy atom. The predicted octanol–water partition coefficient (Wildman–Crippen LogP) is -5.48. The molecule has 3 saturated heterocycles. The highest BCUT2D eigenvalue weighted by molar-refractivity contribution is 7.49. The van der Waals surface area contributed by atoms with Crippen molar-refractivity contribution in [2.24, 2.45) is 0 Å². The van der Waals surface area contributed by atoms with Crippen LogP contribution in [0.15, 0.2) is 36.5 Å². The summed E-state index contributed by atoms with van der Waals surface area (Å²) in [6.07, 6.45) is 5.06. The van der Waals surface area contributed by atoms with Gasteiger partial charge in [0.1, 0.15) is 13.1 Å². The van der Waals surface area contributed by atoms with E-state index in [2.05, 4.69) is 14.5 Å². The molecule has 6 heterocycles. The summed E-state index contributed by atoms with van der Waals surface area (Å²) in [5.74, 6) is -11.3. The lowest BCUT2D eigenvalue weighted by molar-refractivity contribution is -0.197. The highest BCUT2D eigenvalue weighted by Gasteiger charge is 2.39. The van der Waals surface area contributed by atoms with Gasteiger partial charge >= 0.3 is 41.1 Å². The van der Waals surface area contributed by atoms with Crippen molar-refractivity contribution in [3.05, 3.63) is 36.5 Å². The highest BCUT2D eigenvalue weighted by atomic mass is 31.2. The van der Waals surface area contributed by atoms with Crippen LogP contribution in [-0.2, 0) is 100 Å². The molecule has 3 fully saturated rings. The molecule has 77 heavy (non-hydrogen) atoms. The Hall–Kier alpha value is -7.20. The fourth-order valence-corrected chi connectivity index (χ4v) is 8.73. The Morgan fingerprint density at radius 1 is 0.390 bits per heavy atom. The number of carbonyl (C=O) groups excluding carboxylic acids is 15. The molecule has 0 aromatic rings. The fraction of sp³-hybridized carbons (Fsp3) is 0.447. The van der Waals surface area contributed by atoms with Gasteiger partial charge in [-0.25, -0.2) is 32.7 Å². The van der Waals surface area contributed by atoms with Crippen molar-refractivity contribution < 1.29 is 129 Å². The third-order valence-electron chi connectivity index (χ3n) is 10.6. The average Bonchev–Trinajstić information content (AvgIpc) is 4.17. The van der Waals surface area contributed by atoms with Crippen molar-refractivity contribution in [1.82, 2.24) is 43.9 Å². The van der Waals surface area contributed by atoms with Gasteiger partial charge in [0, 0.05) is 121 Å². The maximum absolute atomic E-state index is 11.8. The molecule has 0 aliphatic carbocycles. The Balaban J connectivity index is 0.000000249. The molecule has 0 atom stereocenters. The topological polar surface area (TPSA) is 485 Å². The number of carbonyl (C=O) groups is 15. The predicted molar refractivity (Wildman–Crippen MR) is 239 cm³/mol. The molecule has 0 saturated carbocycles. The minimum Gasteiger partial charge on any atom is -0.330 e. The third-order valence-corrected chi connectivity index (χ3v) is 13.9. The molecule has 36 nitrogen and oxygen atoms in total. The van der Waals surface area contributed by atoms with E-state index in [1.165, 1.54) is 0 Å². The summed E-state index contributed by atoms with van der Waals surface area (Å²) in [6, 6.07) is 0. The van der Waals surface area contributed by atoms with Crippen molar-refractivity contribution in [3.8, 4) is 0 Å².